The minimum atomic E-state index is -0.944. The van der Waals surface area contributed by atoms with Crippen LogP contribution >= 0.6 is 11.3 Å². The number of benzene rings is 1. The third-order valence-electron chi connectivity index (χ3n) is 11.4. The van der Waals surface area contributed by atoms with Gasteiger partial charge in [-0.1, -0.05) is 71.9 Å². The molecule has 1 fully saturated rings. The van der Waals surface area contributed by atoms with Crippen LogP contribution in [-0.4, -0.2) is 127 Å². The van der Waals surface area contributed by atoms with Gasteiger partial charge in [0.25, 0.3) is 0 Å². The van der Waals surface area contributed by atoms with Crippen molar-refractivity contribution in [3.63, 3.8) is 0 Å². The molecule has 0 aliphatic carbocycles. The van der Waals surface area contributed by atoms with E-state index in [4.69, 9.17) is 15.2 Å². The van der Waals surface area contributed by atoms with Crippen LogP contribution in [-0.2, 0) is 35.1 Å². The molecule has 13 nitrogen and oxygen atoms in total. The monoisotopic (exact) mass is 800 g/mol. The lowest BCUT2D eigenvalue weighted by Gasteiger charge is -2.45. The highest BCUT2D eigenvalue weighted by Crippen LogP contribution is 2.31. The van der Waals surface area contributed by atoms with E-state index in [1.807, 2.05) is 103 Å². The summed E-state index contributed by atoms with van der Waals surface area (Å²) in [4.78, 5) is 65.9. The molecule has 9 atom stereocenters. The predicted octanol–water partition coefficient (Wildman–Crippen LogP) is 4.27. The van der Waals surface area contributed by atoms with Crippen molar-refractivity contribution in [2.24, 2.45) is 23.5 Å². The molecule has 314 valence electrons. The lowest BCUT2D eigenvalue weighted by atomic mass is 9.83. The van der Waals surface area contributed by atoms with Crippen LogP contribution in [0.3, 0.4) is 0 Å². The van der Waals surface area contributed by atoms with Gasteiger partial charge in [0.1, 0.15) is 11.0 Å². The topological polar surface area (TPSA) is 159 Å². The lowest BCUT2D eigenvalue weighted by Crippen LogP contribution is -2.66. The molecular weight excluding hydrogens is 731 g/mol. The van der Waals surface area contributed by atoms with Gasteiger partial charge in [-0.05, 0) is 64.1 Å². The van der Waals surface area contributed by atoms with Gasteiger partial charge in [0.2, 0.25) is 23.6 Å². The Hall–Kier alpha value is -3.43. The Morgan fingerprint density at radius 3 is 2.18 bits per heavy atom. The fourth-order valence-electron chi connectivity index (χ4n) is 8.23. The zero-order valence-electron chi connectivity index (χ0n) is 35.8. The summed E-state index contributed by atoms with van der Waals surface area (Å²) < 4.78 is 12.1. The van der Waals surface area contributed by atoms with Crippen molar-refractivity contribution in [3.8, 4) is 0 Å². The third-order valence-corrected chi connectivity index (χ3v) is 12.3. The first-order chi connectivity index (χ1) is 26.4. The predicted molar refractivity (Wildman–Crippen MR) is 222 cm³/mol. The number of carbonyl (C=O) groups is 4. The van der Waals surface area contributed by atoms with E-state index in [0.29, 0.717) is 25.8 Å². The summed E-state index contributed by atoms with van der Waals surface area (Å²) in [6.45, 7) is 13.9. The van der Waals surface area contributed by atoms with Gasteiger partial charge >= 0.3 is 0 Å². The second-order valence-electron chi connectivity index (χ2n) is 16.5. The quantitative estimate of drug-likeness (QED) is 0.168. The van der Waals surface area contributed by atoms with E-state index in [-0.39, 0.29) is 54.0 Å². The summed E-state index contributed by atoms with van der Waals surface area (Å²) >= 11 is 1.50. The van der Waals surface area contributed by atoms with E-state index in [1.165, 1.54) is 18.4 Å². The maximum absolute atomic E-state index is 14.4. The normalized spacial score (nSPS) is 19.5. The highest BCUT2D eigenvalue weighted by molar-refractivity contribution is 7.09. The van der Waals surface area contributed by atoms with E-state index in [9.17, 15) is 19.2 Å². The van der Waals surface area contributed by atoms with Gasteiger partial charge in [0.05, 0.1) is 48.7 Å². The maximum atomic E-state index is 14.4. The zero-order valence-corrected chi connectivity index (χ0v) is 36.6. The summed E-state index contributed by atoms with van der Waals surface area (Å²) in [7, 11) is 8.48. The van der Waals surface area contributed by atoms with Crippen LogP contribution in [0.4, 0.5) is 0 Å². The smallest absolute Gasteiger partial charge is 0.245 e. The highest BCUT2D eigenvalue weighted by Gasteiger charge is 2.46. The molecule has 1 saturated heterocycles. The van der Waals surface area contributed by atoms with Gasteiger partial charge in [-0.15, -0.1) is 11.3 Å². The van der Waals surface area contributed by atoms with E-state index in [1.54, 1.807) is 30.2 Å². The van der Waals surface area contributed by atoms with Gasteiger partial charge in [-0.3, -0.25) is 24.1 Å². The summed E-state index contributed by atoms with van der Waals surface area (Å²) in [6, 6.07) is 7.36. The number of rotatable bonds is 21. The van der Waals surface area contributed by atoms with E-state index >= 15 is 0 Å². The molecule has 4 amide bonds. The van der Waals surface area contributed by atoms with Crippen LogP contribution in [0.1, 0.15) is 90.8 Å². The fraction of sp³-hybridized carbons (Fsp3) is 0.690. The van der Waals surface area contributed by atoms with Crippen LogP contribution in [0.2, 0.25) is 0 Å². The molecule has 4 N–H and O–H groups in total. The van der Waals surface area contributed by atoms with Crippen molar-refractivity contribution < 1.29 is 28.7 Å². The molecule has 0 spiro atoms. The number of thiazole rings is 1. The summed E-state index contributed by atoms with van der Waals surface area (Å²) in [5.41, 5.74) is 7.08. The molecule has 1 aliphatic heterocycles. The number of carbonyl (C=O) groups excluding carboxylic acids is 4. The van der Waals surface area contributed by atoms with Gasteiger partial charge in [0, 0.05) is 44.9 Å². The van der Waals surface area contributed by atoms with Crippen LogP contribution in [0.5, 0.6) is 0 Å². The van der Waals surface area contributed by atoms with Crippen LogP contribution in [0.25, 0.3) is 0 Å². The van der Waals surface area contributed by atoms with Crippen molar-refractivity contribution in [2.75, 3.05) is 41.9 Å². The average molecular weight is 800 g/mol. The van der Waals surface area contributed by atoms with E-state index in [2.05, 4.69) is 15.6 Å². The molecule has 0 bridgehead atoms. The van der Waals surface area contributed by atoms with Crippen molar-refractivity contribution in [3.05, 3.63) is 52.5 Å². The van der Waals surface area contributed by atoms with Crippen molar-refractivity contribution in [1.29, 1.82) is 0 Å². The minimum absolute atomic E-state index is 0.0271. The maximum Gasteiger partial charge on any atom is 0.245 e. The first-order valence-corrected chi connectivity index (χ1v) is 20.9. The Balaban J connectivity index is 1.82. The van der Waals surface area contributed by atoms with Crippen molar-refractivity contribution >= 4 is 35.0 Å². The third kappa shape index (κ3) is 11.8. The Labute approximate surface area is 339 Å². The van der Waals surface area contributed by atoms with Crippen LogP contribution < -0.4 is 16.4 Å². The number of ether oxygens (including phenoxy) is 2. The molecule has 0 radical (unpaired) electrons. The molecular formula is C42H69N7O6S. The second kappa shape index (κ2) is 21.4. The largest absolute Gasteiger partial charge is 0.379 e. The molecule has 3 rings (SSSR count). The van der Waals surface area contributed by atoms with E-state index in [0.717, 1.165) is 17.0 Å². The van der Waals surface area contributed by atoms with E-state index < -0.39 is 41.8 Å². The number of nitrogens with two attached hydrogens (primary N) is 1. The van der Waals surface area contributed by atoms with Gasteiger partial charge in [-0.25, -0.2) is 4.98 Å². The molecule has 1 aromatic heterocycles. The van der Waals surface area contributed by atoms with Gasteiger partial charge < -0.3 is 35.6 Å². The van der Waals surface area contributed by atoms with Crippen molar-refractivity contribution in [1.82, 2.24) is 30.3 Å². The number of likely N-dealkylation sites (N-methyl/N-ethyl adjacent to an activating group) is 2. The summed E-state index contributed by atoms with van der Waals surface area (Å²) in [5.74, 6) is -1.65. The molecule has 1 aromatic carbocycles. The molecule has 2 aromatic rings. The standard InChI is InChI=1S/C42H69N7O6S/c1-13-42(7,43)37(48(10)41(53)34(26(2)3)46-39(52)35(27(4)5)47(8)9)32(54-11)25-33(50)49-22-17-20-31(49)36(55-12)28(6)38(51)45-30(40-44-21-23-56-40)24-29-18-15-14-16-19-29/h14-16,18-19,21,23,26-28,30-32,34-37H,13,17,20,22,24-25,43H2,1-12H3,(H,45,51)(H,46,52)/t28?,30-,31-,32+,34-,35?,36+,37?,42?/m1/s1. The number of aromatic nitrogens is 1. The van der Waals surface area contributed by atoms with Gasteiger partial charge in [-0.2, -0.15) is 0 Å². The Morgan fingerprint density at radius 2 is 1.66 bits per heavy atom. The zero-order chi connectivity index (χ0) is 41.9. The van der Waals surface area contributed by atoms with Crippen LogP contribution in [0.15, 0.2) is 41.9 Å². The lowest BCUT2D eigenvalue weighted by molar-refractivity contribution is -0.148. The molecule has 2 heterocycles. The fourth-order valence-corrected chi connectivity index (χ4v) is 8.92. The first kappa shape index (κ1) is 46.9. The number of likely N-dealkylation sites (tertiary alicyclic amines) is 1. The number of hydrogen-bond donors (Lipinski definition) is 3. The number of nitrogens with zero attached hydrogens (tertiary/aromatic N) is 4. The molecule has 14 heteroatoms. The number of methoxy groups -OCH3 is 2. The second-order valence-corrected chi connectivity index (χ2v) is 17.4. The molecule has 56 heavy (non-hydrogen) atoms. The van der Waals surface area contributed by atoms with Gasteiger partial charge in [0.15, 0.2) is 0 Å². The molecule has 0 saturated carbocycles. The summed E-state index contributed by atoms with van der Waals surface area (Å²) in [5, 5.41) is 8.97. The minimum Gasteiger partial charge on any atom is -0.379 e. The summed E-state index contributed by atoms with van der Waals surface area (Å²) in [6.07, 6.45) is 2.87. The highest BCUT2D eigenvalue weighted by atomic mass is 32.1. The average Bonchev–Trinajstić information content (AvgIpc) is 3.87. The Kier molecular flexibility index (Phi) is 17.9. The first-order valence-electron chi connectivity index (χ1n) is 20.0. The number of amides is 4. The SMILES string of the molecule is CCC(C)(N)C([C@H](CC(=O)N1CCC[C@@H]1[C@@H](OC)C(C)C(=O)N[C@H](Cc1ccccc1)c1nccs1)OC)N(C)C(=O)[C@H](NC(=O)C(C(C)C)N(C)C)C(C)C. The Morgan fingerprint density at radius 1 is 1.00 bits per heavy atom. The van der Waals surface area contributed by atoms with Crippen molar-refractivity contribution in [2.45, 2.75) is 129 Å². The Bertz CT molecular complexity index is 1530. The van der Waals surface area contributed by atoms with Crippen LogP contribution in [0, 0.1) is 17.8 Å². The molecule has 4 unspecified atom stereocenters. The number of hydrogen-bond acceptors (Lipinski definition) is 10. The number of nitrogens with one attached hydrogen (secondary N) is 2. The molecule has 1 aliphatic rings.